The molecule has 25 heavy (non-hydrogen) atoms. The Morgan fingerprint density at radius 3 is 2.60 bits per heavy atom. The molecule has 1 heterocycles. The van der Waals surface area contributed by atoms with Gasteiger partial charge >= 0.3 is 6.03 Å². The van der Waals surface area contributed by atoms with Crippen LogP contribution in [0.1, 0.15) is 22.8 Å². The minimum Gasteiger partial charge on any atom is -0.319 e. The van der Waals surface area contributed by atoms with Crippen molar-refractivity contribution in [2.75, 3.05) is 6.54 Å². The number of nitrogens with zero attached hydrogens (tertiary/aromatic N) is 1. The number of imide groups is 1. The lowest BCUT2D eigenvalue weighted by Crippen LogP contribution is -2.41. The smallest absolute Gasteiger partial charge is 0.319 e. The first-order valence-electron chi connectivity index (χ1n) is 7.50. The highest BCUT2D eigenvalue weighted by Crippen LogP contribution is 2.30. The minimum absolute atomic E-state index is 0.108. The van der Waals surface area contributed by atoms with Crippen molar-refractivity contribution in [3.63, 3.8) is 0 Å². The Hall–Kier alpha value is -2.54. The molecule has 0 spiro atoms. The molecule has 3 amide bonds. The standard InChI is InChI=1S/C18H14BrFN2O3/c1-18(12-5-3-6-13(19)9-12)16(24)22(17(25)21-18)10-15(23)11-4-2-7-14(20)8-11/h2-9H,10H2,1H3,(H,21,25)/t18-/m1/s1. The largest absolute Gasteiger partial charge is 0.325 e. The molecule has 5 nitrogen and oxygen atoms in total. The summed E-state index contributed by atoms with van der Waals surface area (Å²) in [6.45, 7) is 1.14. The number of amides is 3. The molecule has 1 fully saturated rings. The van der Waals surface area contributed by atoms with Crippen LogP contribution in [0.4, 0.5) is 9.18 Å². The van der Waals surface area contributed by atoms with Crippen LogP contribution >= 0.6 is 15.9 Å². The van der Waals surface area contributed by atoms with Gasteiger partial charge in [-0.1, -0.05) is 40.2 Å². The number of hydrogen-bond donors (Lipinski definition) is 1. The molecule has 128 valence electrons. The van der Waals surface area contributed by atoms with Crippen molar-refractivity contribution in [3.8, 4) is 0 Å². The fraction of sp³-hybridized carbons (Fsp3) is 0.167. The van der Waals surface area contributed by atoms with Crippen LogP contribution in [-0.4, -0.2) is 29.2 Å². The summed E-state index contributed by atoms with van der Waals surface area (Å²) in [7, 11) is 0. The van der Waals surface area contributed by atoms with Crippen molar-refractivity contribution in [2.45, 2.75) is 12.5 Å². The number of benzene rings is 2. The van der Waals surface area contributed by atoms with Gasteiger partial charge in [0.2, 0.25) is 0 Å². The molecule has 0 aromatic heterocycles. The van der Waals surface area contributed by atoms with Crippen LogP contribution in [0.2, 0.25) is 0 Å². The molecule has 0 aliphatic carbocycles. The average molecular weight is 405 g/mol. The summed E-state index contributed by atoms with van der Waals surface area (Å²) in [5.74, 6) is -1.59. The molecule has 1 aliphatic heterocycles. The number of ketones is 1. The van der Waals surface area contributed by atoms with Crippen molar-refractivity contribution in [1.29, 1.82) is 0 Å². The zero-order valence-electron chi connectivity index (χ0n) is 13.3. The van der Waals surface area contributed by atoms with Gasteiger partial charge in [-0.15, -0.1) is 0 Å². The number of hydrogen-bond acceptors (Lipinski definition) is 3. The maximum Gasteiger partial charge on any atom is 0.325 e. The number of urea groups is 1. The van der Waals surface area contributed by atoms with Crippen LogP contribution in [0, 0.1) is 5.82 Å². The molecule has 7 heteroatoms. The number of carbonyl (C=O) groups excluding carboxylic acids is 3. The van der Waals surface area contributed by atoms with Gasteiger partial charge in [0.25, 0.3) is 5.91 Å². The lowest BCUT2D eigenvalue weighted by atomic mass is 9.92. The Morgan fingerprint density at radius 2 is 1.92 bits per heavy atom. The van der Waals surface area contributed by atoms with Gasteiger partial charge in [0.15, 0.2) is 5.78 Å². The number of rotatable bonds is 4. The van der Waals surface area contributed by atoms with Crippen molar-refractivity contribution >= 4 is 33.7 Å². The van der Waals surface area contributed by atoms with Gasteiger partial charge in [-0.25, -0.2) is 9.18 Å². The highest BCUT2D eigenvalue weighted by atomic mass is 79.9. The van der Waals surface area contributed by atoms with Crippen molar-refractivity contribution in [1.82, 2.24) is 10.2 Å². The first-order valence-corrected chi connectivity index (χ1v) is 8.29. The Morgan fingerprint density at radius 1 is 1.20 bits per heavy atom. The van der Waals surface area contributed by atoms with E-state index < -0.39 is 35.6 Å². The second-order valence-electron chi connectivity index (χ2n) is 5.89. The maximum atomic E-state index is 13.3. The number of Topliss-reactive ketones (excluding diaryl/α,β-unsaturated/α-hetero) is 1. The highest BCUT2D eigenvalue weighted by molar-refractivity contribution is 9.10. The summed E-state index contributed by atoms with van der Waals surface area (Å²) in [4.78, 5) is 38.2. The molecular formula is C18H14BrFN2O3. The molecule has 2 aromatic rings. The molecule has 0 unspecified atom stereocenters. The van der Waals surface area contributed by atoms with E-state index in [2.05, 4.69) is 21.2 Å². The van der Waals surface area contributed by atoms with Crippen LogP contribution in [-0.2, 0) is 10.3 Å². The molecule has 0 radical (unpaired) electrons. The van der Waals surface area contributed by atoms with E-state index in [0.29, 0.717) is 5.56 Å². The predicted octanol–water partition coefficient (Wildman–Crippen LogP) is 3.24. The van der Waals surface area contributed by atoms with Gasteiger partial charge in [0, 0.05) is 10.0 Å². The molecule has 3 rings (SSSR count). The third-order valence-corrected chi connectivity index (χ3v) is 4.62. The van der Waals surface area contributed by atoms with Gasteiger partial charge < -0.3 is 5.32 Å². The monoisotopic (exact) mass is 404 g/mol. The topological polar surface area (TPSA) is 66.5 Å². The normalized spacial score (nSPS) is 19.9. The van der Waals surface area contributed by atoms with Gasteiger partial charge in [-0.2, -0.15) is 0 Å². The summed E-state index contributed by atoms with van der Waals surface area (Å²) in [5.41, 5.74) is -0.555. The molecule has 1 N–H and O–H groups in total. The minimum atomic E-state index is -1.26. The summed E-state index contributed by atoms with van der Waals surface area (Å²) in [6.07, 6.45) is 0. The van der Waals surface area contributed by atoms with E-state index in [1.54, 1.807) is 31.2 Å². The van der Waals surface area contributed by atoms with Crippen LogP contribution in [0.3, 0.4) is 0 Å². The lowest BCUT2D eigenvalue weighted by Gasteiger charge is -2.22. The molecule has 2 aromatic carbocycles. The first kappa shape index (κ1) is 17.3. The van der Waals surface area contributed by atoms with Crippen molar-refractivity contribution in [3.05, 3.63) is 69.9 Å². The first-order chi connectivity index (χ1) is 11.8. The fourth-order valence-electron chi connectivity index (χ4n) is 2.73. The zero-order chi connectivity index (χ0) is 18.2. The van der Waals surface area contributed by atoms with Crippen LogP contribution in [0.15, 0.2) is 53.0 Å². The second-order valence-corrected chi connectivity index (χ2v) is 6.81. The predicted molar refractivity (Wildman–Crippen MR) is 92.5 cm³/mol. The van der Waals surface area contributed by atoms with Gasteiger partial charge in [-0.3, -0.25) is 14.5 Å². The molecule has 0 bridgehead atoms. The van der Waals surface area contributed by atoms with Crippen molar-refractivity contribution in [2.24, 2.45) is 0 Å². The fourth-order valence-corrected chi connectivity index (χ4v) is 3.13. The number of carbonyl (C=O) groups is 3. The summed E-state index contributed by atoms with van der Waals surface area (Å²) >= 11 is 3.33. The van der Waals surface area contributed by atoms with E-state index in [1.807, 2.05) is 0 Å². The Balaban J connectivity index is 1.85. The Kier molecular flexibility index (Phi) is 4.43. The molecule has 1 saturated heterocycles. The SMILES string of the molecule is C[C@]1(c2cccc(Br)c2)NC(=O)N(CC(=O)c2cccc(F)c2)C1=O. The summed E-state index contributed by atoms with van der Waals surface area (Å²) in [6, 6.07) is 11.5. The third-order valence-electron chi connectivity index (χ3n) is 4.13. The van der Waals surface area contributed by atoms with Gasteiger partial charge in [0.05, 0.1) is 6.54 Å². The maximum absolute atomic E-state index is 13.3. The number of halogens is 2. The summed E-state index contributed by atoms with van der Waals surface area (Å²) in [5, 5.41) is 2.63. The molecule has 0 saturated carbocycles. The third kappa shape index (κ3) is 3.19. The zero-order valence-corrected chi connectivity index (χ0v) is 14.8. The van der Waals surface area contributed by atoms with E-state index in [-0.39, 0.29) is 5.56 Å². The van der Waals surface area contributed by atoms with Crippen LogP contribution in [0.5, 0.6) is 0 Å². The van der Waals surface area contributed by atoms with Gasteiger partial charge in [-0.05, 0) is 36.8 Å². The Bertz CT molecular complexity index is 886. The molecule has 1 aliphatic rings. The summed E-state index contributed by atoms with van der Waals surface area (Å²) < 4.78 is 14.0. The van der Waals surface area contributed by atoms with E-state index in [0.717, 1.165) is 15.4 Å². The van der Waals surface area contributed by atoms with Crippen LogP contribution < -0.4 is 5.32 Å². The lowest BCUT2D eigenvalue weighted by molar-refractivity contribution is -0.130. The number of nitrogens with one attached hydrogen (secondary N) is 1. The quantitative estimate of drug-likeness (QED) is 0.628. The van der Waals surface area contributed by atoms with E-state index in [4.69, 9.17) is 0 Å². The highest BCUT2D eigenvalue weighted by Gasteiger charge is 2.49. The van der Waals surface area contributed by atoms with E-state index >= 15 is 0 Å². The van der Waals surface area contributed by atoms with Gasteiger partial charge in [0.1, 0.15) is 11.4 Å². The van der Waals surface area contributed by atoms with E-state index in [1.165, 1.54) is 18.2 Å². The second kappa shape index (κ2) is 6.40. The van der Waals surface area contributed by atoms with E-state index in [9.17, 15) is 18.8 Å². The molecular weight excluding hydrogens is 391 g/mol. The molecule has 1 atom stereocenters. The van der Waals surface area contributed by atoms with Crippen LogP contribution in [0.25, 0.3) is 0 Å². The average Bonchev–Trinajstić information content (AvgIpc) is 2.79. The van der Waals surface area contributed by atoms with Crippen molar-refractivity contribution < 1.29 is 18.8 Å². The Labute approximate surface area is 151 Å².